The molecule has 0 rings (SSSR count). The molecule has 4 heteroatoms. The molecule has 0 bridgehead atoms. The first-order chi connectivity index (χ1) is 0. The van der Waals surface area contributed by atoms with Crippen molar-refractivity contribution in [1.82, 2.24) is 0 Å². The van der Waals surface area contributed by atoms with E-state index in [9.17, 15) is 0 Å². The van der Waals surface area contributed by atoms with Gasteiger partial charge in [0.15, 0.2) is 0 Å². The predicted octanol–water partition coefficient (Wildman–Crippen LogP) is -1.84. The summed E-state index contributed by atoms with van der Waals surface area (Å²) in [5.41, 5.74) is 0. The smallest absolute Gasteiger partial charge is 0 e. The van der Waals surface area contributed by atoms with Crippen LogP contribution in [0, 0.1) is 0 Å². The Hall–Kier alpha value is 2.03. The van der Waals surface area contributed by atoms with Crippen LogP contribution in [-0.2, 0) is 47.9 Å². The van der Waals surface area contributed by atoms with E-state index in [0.717, 1.165) is 0 Å². The molecule has 0 atom stereocenters. The summed E-state index contributed by atoms with van der Waals surface area (Å²) in [4.78, 5) is 0. The first kappa shape index (κ1) is 37.0. The normalized spacial score (nSPS) is 0. The molecule has 4 heavy (non-hydrogen) atoms. The van der Waals surface area contributed by atoms with Crippen molar-refractivity contribution in [3.05, 3.63) is 0 Å². The van der Waals surface area contributed by atoms with E-state index in [0.29, 0.717) is 0 Å². The van der Waals surface area contributed by atoms with Crippen molar-refractivity contribution >= 4 is 21.9 Å². The summed E-state index contributed by atoms with van der Waals surface area (Å²) in [6.07, 6.45) is 0. The third kappa shape index (κ3) is 8.98. The van der Waals surface area contributed by atoms with Gasteiger partial charge in [-0.3, -0.25) is 0 Å². The molecular weight excluding hydrogens is 195 g/mol. The Morgan fingerprint density at radius 2 is 1.00 bits per heavy atom. The Kier molecular flexibility index (Phi) is 183. The zero-order valence-electron chi connectivity index (χ0n) is 1.50. The minimum absolute atomic E-state index is 0. The topological polar surface area (TPSA) is 0 Å². The monoisotopic (exact) mass is 198 g/mol. The molecule has 0 fully saturated rings. The summed E-state index contributed by atoms with van der Waals surface area (Å²) in [7, 11) is 0. The van der Waals surface area contributed by atoms with E-state index in [1.54, 1.807) is 0 Å². The van der Waals surface area contributed by atoms with Crippen molar-refractivity contribution in [3.8, 4) is 0 Å². The van der Waals surface area contributed by atoms with E-state index >= 15 is 0 Å². The molecule has 0 aromatic heterocycles. The zero-order valence-corrected chi connectivity index (χ0v) is 6.52. The maximum atomic E-state index is 0. The Morgan fingerprint density at radius 3 is 1.00 bits per heavy atom. The van der Waals surface area contributed by atoms with Crippen molar-refractivity contribution in [2.75, 3.05) is 0 Å². The largest absolute Gasteiger partial charge is 0.0149 e. The first-order valence-electron chi connectivity index (χ1n) is 0. The molecule has 0 saturated carbocycles. The molecule has 0 aliphatic heterocycles. The van der Waals surface area contributed by atoms with E-state index in [4.69, 9.17) is 0 Å². The maximum Gasteiger partial charge on any atom is 0 e. The first-order valence-corrected chi connectivity index (χ1v) is 0. The van der Waals surface area contributed by atoms with Crippen molar-refractivity contribution in [3.63, 3.8) is 0 Å². The number of rotatable bonds is 0. The molecule has 0 unspecified atom stereocenters. The Balaban J connectivity index is 0. The molecule has 0 aromatic carbocycles. The second kappa shape index (κ2) is 19.8. The van der Waals surface area contributed by atoms with Crippen molar-refractivity contribution < 1.29 is 47.9 Å². The second-order valence-electron chi connectivity index (χ2n) is 0. The van der Waals surface area contributed by atoms with Gasteiger partial charge in [-0.1, -0.05) is 0 Å². The van der Waals surface area contributed by atoms with Crippen LogP contribution in [0.2, 0.25) is 0 Å². The van der Waals surface area contributed by atoms with Gasteiger partial charge in [-0.2, -0.15) is 0 Å². The summed E-state index contributed by atoms with van der Waals surface area (Å²) in [6, 6.07) is 0. The summed E-state index contributed by atoms with van der Waals surface area (Å²) in [5.74, 6) is 0. The van der Waals surface area contributed by atoms with Crippen molar-refractivity contribution in [2.45, 2.75) is 0 Å². The van der Waals surface area contributed by atoms with Crippen LogP contribution in [0.4, 0.5) is 0 Å². The number of hydrogen-bond acceptors (Lipinski definition) is 0. The van der Waals surface area contributed by atoms with Gasteiger partial charge in [0.2, 0.25) is 0 Å². The third-order valence-corrected chi connectivity index (χ3v) is 0. The van der Waals surface area contributed by atoms with Crippen LogP contribution in [0.15, 0.2) is 0 Å². The van der Waals surface area contributed by atoms with E-state index in [1.165, 1.54) is 0 Å². The van der Waals surface area contributed by atoms with Gasteiger partial charge in [0, 0.05) is 58.9 Å². The fourth-order valence-corrected chi connectivity index (χ4v) is 0. The molecule has 0 aromatic rings. The molecule has 0 nitrogen and oxygen atoms in total. The van der Waals surface area contributed by atoms with Crippen LogP contribution < -0.4 is 0 Å². The van der Waals surface area contributed by atoms with Gasteiger partial charge < -0.3 is 0 Å². The molecule has 4 radical (unpaired) electrons. The van der Waals surface area contributed by atoms with Gasteiger partial charge in [0.05, 0.1) is 0 Å². The van der Waals surface area contributed by atoms with Gasteiger partial charge >= 0.3 is 0 Å². The van der Waals surface area contributed by atoms with Crippen LogP contribution in [0.25, 0.3) is 0 Å². The van der Waals surface area contributed by atoms with Gasteiger partial charge in [-0.25, -0.2) is 0 Å². The fraction of sp³-hybridized carbons (Fsp3) is 0. The van der Waals surface area contributed by atoms with Crippen LogP contribution in [0.5, 0.6) is 0 Å². The minimum Gasteiger partial charge on any atom is -0.0149 e. The van der Waals surface area contributed by atoms with Gasteiger partial charge in [-0.05, 0) is 11.0 Å². The average Bonchev–Trinajstić information content (AvgIpc) is 0. The molecule has 0 aliphatic carbocycles. The standard InChI is InChI=1S/H4Si.Si.Ti.Zr/h1H4;;;. The van der Waals surface area contributed by atoms with E-state index in [1.807, 2.05) is 0 Å². The molecule has 0 spiro atoms. The van der Waals surface area contributed by atoms with Crippen LogP contribution in [0.1, 0.15) is 0 Å². The summed E-state index contributed by atoms with van der Waals surface area (Å²) < 4.78 is 0. The van der Waals surface area contributed by atoms with E-state index in [2.05, 4.69) is 0 Å². The molecule has 0 N–H and O–H groups in total. The van der Waals surface area contributed by atoms with E-state index < -0.39 is 0 Å². The average molecular weight is 199 g/mol. The van der Waals surface area contributed by atoms with Crippen molar-refractivity contribution in [2.24, 2.45) is 0 Å². The summed E-state index contributed by atoms with van der Waals surface area (Å²) >= 11 is 0. The molecular formula is H4Si2TiZr. The zero-order chi connectivity index (χ0) is 0. The van der Waals surface area contributed by atoms with Crippen LogP contribution in [0.3, 0.4) is 0 Å². The number of hydrogen-bond donors (Lipinski definition) is 0. The van der Waals surface area contributed by atoms with Gasteiger partial charge in [-0.15, -0.1) is 0 Å². The second-order valence-corrected chi connectivity index (χ2v) is 0. The molecule has 0 amide bonds. The van der Waals surface area contributed by atoms with E-state index in [-0.39, 0.29) is 69.9 Å². The summed E-state index contributed by atoms with van der Waals surface area (Å²) in [5, 5.41) is 0. The molecule has 0 heterocycles. The Morgan fingerprint density at radius 1 is 1.00 bits per heavy atom. The fourth-order valence-electron chi connectivity index (χ4n) is 0. The van der Waals surface area contributed by atoms with Crippen LogP contribution >= 0.6 is 0 Å². The van der Waals surface area contributed by atoms with Gasteiger partial charge in [0.1, 0.15) is 0 Å². The molecule has 0 aliphatic rings. The van der Waals surface area contributed by atoms with Gasteiger partial charge in [0.25, 0.3) is 0 Å². The quantitative estimate of drug-likeness (QED) is 0.402. The third-order valence-electron chi connectivity index (χ3n) is 0. The predicted molar refractivity (Wildman–Crippen MR) is 17.1 cm³/mol. The SMILES string of the molecule is [SiH4].[Si].[Ti].[Zr]. The minimum atomic E-state index is 0. The van der Waals surface area contributed by atoms with Crippen LogP contribution in [-0.4, -0.2) is 21.9 Å². The summed E-state index contributed by atoms with van der Waals surface area (Å²) in [6.45, 7) is 0. The molecule has 0 saturated heterocycles. The Bertz CT molecular complexity index is 6.00. The van der Waals surface area contributed by atoms with Crippen molar-refractivity contribution in [1.29, 1.82) is 0 Å². The maximum absolute atomic E-state index is 0. The molecule has 20 valence electrons. The Labute approximate surface area is 69.2 Å².